The summed E-state index contributed by atoms with van der Waals surface area (Å²) in [4.78, 5) is 24.0. The minimum Gasteiger partial charge on any atom is -0.361 e. The van der Waals surface area contributed by atoms with Crippen molar-refractivity contribution in [2.24, 2.45) is 4.99 Å². The Morgan fingerprint density at radius 3 is 2.90 bits per heavy atom. The molecule has 3 rings (SSSR count). The number of pyridine rings is 1. The predicted molar refractivity (Wildman–Crippen MR) is 118 cm³/mol. The van der Waals surface area contributed by atoms with E-state index in [4.69, 9.17) is 0 Å². The molecule has 0 atom stereocenters. The summed E-state index contributed by atoms with van der Waals surface area (Å²) in [6.07, 6.45) is 2.88. The molecule has 0 saturated carbocycles. The third-order valence-electron chi connectivity index (χ3n) is 4.53. The fourth-order valence-electron chi connectivity index (χ4n) is 3.10. The second-order valence-electron chi connectivity index (χ2n) is 6.90. The molecule has 4 N–H and O–H groups in total. The third-order valence-corrected chi connectivity index (χ3v) is 4.53. The Balaban J connectivity index is 1.49. The first-order chi connectivity index (χ1) is 14.5. The average Bonchev–Trinajstić information content (AvgIpc) is 3.10. The van der Waals surface area contributed by atoms with E-state index in [9.17, 15) is 9.18 Å². The number of anilines is 1. The minimum absolute atomic E-state index is 0.131. The molecule has 2 heterocycles. The largest absolute Gasteiger partial charge is 0.361 e. The van der Waals surface area contributed by atoms with Crippen LogP contribution < -0.4 is 16.0 Å². The van der Waals surface area contributed by atoms with E-state index in [0.29, 0.717) is 37.8 Å². The van der Waals surface area contributed by atoms with Crippen molar-refractivity contribution in [1.82, 2.24) is 20.6 Å². The van der Waals surface area contributed by atoms with E-state index >= 15 is 0 Å². The maximum Gasteiger partial charge on any atom is 0.227 e. The molecule has 1 aromatic carbocycles. The molecule has 0 unspecified atom stereocenters. The highest BCUT2D eigenvalue weighted by Gasteiger charge is 2.06. The maximum atomic E-state index is 13.5. The van der Waals surface area contributed by atoms with Gasteiger partial charge in [-0.25, -0.2) is 9.37 Å². The number of benzene rings is 1. The summed E-state index contributed by atoms with van der Waals surface area (Å²) in [6.45, 7) is 5.56. The van der Waals surface area contributed by atoms with Crippen molar-refractivity contribution >= 4 is 28.6 Å². The van der Waals surface area contributed by atoms with Gasteiger partial charge in [0.1, 0.15) is 11.6 Å². The van der Waals surface area contributed by atoms with Gasteiger partial charge in [0.15, 0.2) is 5.96 Å². The van der Waals surface area contributed by atoms with Gasteiger partial charge in [-0.15, -0.1) is 0 Å². The lowest BCUT2D eigenvalue weighted by molar-refractivity contribution is -0.116. The molecule has 2 aromatic heterocycles. The number of carbonyl (C=O) groups excluding carboxylic acids is 1. The topological polar surface area (TPSA) is 94.2 Å². The Hall–Kier alpha value is -3.42. The second-order valence-corrected chi connectivity index (χ2v) is 6.90. The highest BCUT2D eigenvalue weighted by atomic mass is 19.1. The average molecular weight is 410 g/mol. The van der Waals surface area contributed by atoms with Crippen LogP contribution in [0, 0.1) is 12.7 Å². The Labute approximate surface area is 175 Å². The number of halogens is 1. The number of fused-ring (bicyclic) bond motifs is 1. The SMILES string of the molecule is CCNC(=NCCC(=O)Nc1cccc(C)n1)NCCc1c[nH]c2ccc(F)cc12. The summed E-state index contributed by atoms with van der Waals surface area (Å²) in [5.74, 6) is 0.813. The van der Waals surface area contributed by atoms with Crippen LogP contribution >= 0.6 is 0 Å². The molecule has 0 aliphatic rings. The van der Waals surface area contributed by atoms with E-state index in [-0.39, 0.29) is 18.1 Å². The fraction of sp³-hybridized carbons (Fsp3) is 0.318. The zero-order valence-electron chi connectivity index (χ0n) is 17.3. The molecule has 7 nitrogen and oxygen atoms in total. The van der Waals surface area contributed by atoms with Crippen LogP contribution in [0.15, 0.2) is 47.6 Å². The lowest BCUT2D eigenvalue weighted by Crippen LogP contribution is -2.38. The number of rotatable bonds is 8. The van der Waals surface area contributed by atoms with Gasteiger partial charge in [-0.3, -0.25) is 9.79 Å². The molecule has 30 heavy (non-hydrogen) atoms. The predicted octanol–water partition coefficient (Wildman–Crippen LogP) is 3.14. The van der Waals surface area contributed by atoms with E-state index in [1.165, 1.54) is 6.07 Å². The minimum atomic E-state index is -0.245. The standard InChI is InChI=1S/C22H27FN6O/c1-3-24-22(26-12-10-21(30)29-20-6-4-5-15(2)28-20)25-11-9-16-14-27-19-8-7-17(23)13-18(16)19/h4-8,13-14,27H,3,9-12H2,1-2H3,(H2,24,25,26)(H,28,29,30). The van der Waals surface area contributed by atoms with Gasteiger partial charge in [0, 0.05) is 42.3 Å². The Morgan fingerprint density at radius 1 is 1.23 bits per heavy atom. The summed E-state index contributed by atoms with van der Waals surface area (Å²) in [7, 11) is 0. The van der Waals surface area contributed by atoms with Gasteiger partial charge < -0.3 is 20.9 Å². The summed E-state index contributed by atoms with van der Waals surface area (Å²) < 4.78 is 13.5. The number of aryl methyl sites for hydroxylation is 1. The smallest absolute Gasteiger partial charge is 0.227 e. The van der Waals surface area contributed by atoms with Crippen molar-refractivity contribution in [1.29, 1.82) is 0 Å². The van der Waals surface area contributed by atoms with Crippen LogP contribution in [-0.4, -0.2) is 41.5 Å². The first kappa shape index (κ1) is 21.3. The van der Waals surface area contributed by atoms with Crippen molar-refractivity contribution < 1.29 is 9.18 Å². The van der Waals surface area contributed by atoms with Crippen molar-refractivity contribution in [3.63, 3.8) is 0 Å². The number of aliphatic imine (C=N–C) groups is 1. The first-order valence-electron chi connectivity index (χ1n) is 10.1. The van der Waals surface area contributed by atoms with Crippen LogP contribution in [0.3, 0.4) is 0 Å². The molecule has 0 bridgehead atoms. The summed E-state index contributed by atoms with van der Waals surface area (Å²) in [6, 6.07) is 10.2. The van der Waals surface area contributed by atoms with E-state index in [1.54, 1.807) is 18.2 Å². The molecular formula is C22H27FN6O. The lowest BCUT2D eigenvalue weighted by atomic mass is 10.1. The molecule has 0 aliphatic carbocycles. The molecule has 0 fully saturated rings. The van der Waals surface area contributed by atoms with E-state index < -0.39 is 0 Å². The Bertz CT molecular complexity index is 1030. The fourth-order valence-corrected chi connectivity index (χ4v) is 3.10. The normalized spacial score (nSPS) is 11.5. The van der Waals surface area contributed by atoms with Crippen molar-refractivity contribution in [2.45, 2.75) is 26.7 Å². The quantitative estimate of drug-likeness (QED) is 0.339. The first-order valence-corrected chi connectivity index (χ1v) is 10.1. The highest BCUT2D eigenvalue weighted by Crippen LogP contribution is 2.19. The van der Waals surface area contributed by atoms with E-state index in [2.05, 4.69) is 30.9 Å². The van der Waals surface area contributed by atoms with Gasteiger partial charge in [0.2, 0.25) is 5.91 Å². The lowest BCUT2D eigenvalue weighted by Gasteiger charge is -2.11. The van der Waals surface area contributed by atoms with Crippen molar-refractivity contribution in [2.75, 3.05) is 25.0 Å². The molecule has 8 heteroatoms. The number of carbonyl (C=O) groups is 1. The monoisotopic (exact) mass is 410 g/mol. The molecule has 0 saturated heterocycles. The number of nitrogens with zero attached hydrogens (tertiary/aromatic N) is 2. The summed E-state index contributed by atoms with van der Waals surface area (Å²) in [5.41, 5.74) is 2.81. The van der Waals surface area contributed by atoms with Gasteiger partial charge >= 0.3 is 0 Å². The number of guanidine groups is 1. The molecule has 0 spiro atoms. The second kappa shape index (κ2) is 10.4. The number of hydrogen-bond acceptors (Lipinski definition) is 3. The Morgan fingerprint density at radius 2 is 2.10 bits per heavy atom. The zero-order chi connectivity index (χ0) is 21.3. The number of aromatic amines is 1. The number of aromatic nitrogens is 2. The molecule has 1 amide bonds. The van der Waals surface area contributed by atoms with Gasteiger partial charge in [-0.05, 0) is 56.2 Å². The van der Waals surface area contributed by atoms with Gasteiger partial charge in [-0.2, -0.15) is 0 Å². The van der Waals surface area contributed by atoms with Crippen LogP contribution in [-0.2, 0) is 11.2 Å². The number of amides is 1. The molecular weight excluding hydrogens is 383 g/mol. The zero-order valence-corrected chi connectivity index (χ0v) is 17.3. The van der Waals surface area contributed by atoms with Crippen LogP contribution in [0.2, 0.25) is 0 Å². The molecule has 0 aliphatic heterocycles. The van der Waals surface area contributed by atoms with E-state index in [0.717, 1.165) is 22.2 Å². The third kappa shape index (κ3) is 6.04. The van der Waals surface area contributed by atoms with Crippen molar-refractivity contribution in [3.05, 3.63) is 59.7 Å². The van der Waals surface area contributed by atoms with Crippen molar-refractivity contribution in [3.8, 4) is 0 Å². The molecule has 3 aromatic rings. The summed E-state index contributed by atoms with van der Waals surface area (Å²) in [5, 5.41) is 10.1. The van der Waals surface area contributed by atoms with Crippen LogP contribution in [0.25, 0.3) is 10.9 Å². The summed E-state index contributed by atoms with van der Waals surface area (Å²) >= 11 is 0. The number of nitrogens with one attached hydrogen (secondary N) is 4. The van der Waals surface area contributed by atoms with Gasteiger partial charge in [0.05, 0.1) is 6.54 Å². The highest BCUT2D eigenvalue weighted by molar-refractivity contribution is 5.90. The Kier molecular flexibility index (Phi) is 7.37. The molecule has 158 valence electrons. The van der Waals surface area contributed by atoms with Crippen LogP contribution in [0.5, 0.6) is 0 Å². The van der Waals surface area contributed by atoms with Gasteiger partial charge in [-0.1, -0.05) is 6.07 Å². The van der Waals surface area contributed by atoms with Crippen LogP contribution in [0.4, 0.5) is 10.2 Å². The van der Waals surface area contributed by atoms with E-state index in [1.807, 2.05) is 32.2 Å². The number of H-pyrrole nitrogens is 1. The number of hydrogen-bond donors (Lipinski definition) is 4. The van der Waals surface area contributed by atoms with Crippen LogP contribution in [0.1, 0.15) is 24.6 Å². The maximum absolute atomic E-state index is 13.5. The molecule has 0 radical (unpaired) electrons. The van der Waals surface area contributed by atoms with Gasteiger partial charge in [0.25, 0.3) is 0 Å².